The van der Waals surface area contributed by atoms with Crippen molar-refractivity contribution in [2.24, 2.45) is 10.9 Å². The fourth-order valence-electron chi connectivity index (χ4n) is 3.66. The molecule has 1 saturated heterocycles. The molecule has 1 aliphatic heterocycles. The van der Waals surface area contributed by atoms with E-state index in [-0.39, 0.29) is 0 Å². The fraction of sp³-hybridized carbons (Fsp3) is 0.545. The smallest absolute Gasteiger partial charge is 0.193 e. The van der Waals surface area contributed by atoms with Gasteiger partial charge in [0.2, 0.25) is 0 Å². The van der Waals surface area contributed by atoms with Gasteiger partial charge in [-0.25, -0.2) is 4.98 Å². The molecule has 0 spiro atoms. The Morgan fingerprint density at radius 3 is 2.89 bits per heavy atom. The van der Waals surface area contributed by atoms with E-state index in [1.165, 1.54) is 5.56 Å². The summed E-state index contributed by atoms with van der Waals surface area (Å²) in [7, 11) is 1.87. The number of ether oxygens (including phenoxy) is 1. The first kappa shape index (κ1) is 20.4. The highest BCUT2D eigenvalue weighted by Crippen LogP contribution is 2.17. The lowest BCUT2D eigenvalue weighted by atomic mass is 10.1. The summed E-state index contributed by atoms with van der Waals surface area (Å²) in [5.41, 5.74) is 1.24. The molecule has 1 unspecified atom stereocenters. The highest BCUT2D eigenvalue weighted by Gasteiger charge is 2.24. The van der Waals surface area contributed by atoms with Crippen LogP contribution in [-0.4, -0.2) is 53.7 Å². The zero-order valence-electron chi connectivity index (χ0n) is 17.2. The van der Waals surface area contributed by atoms with E-state index in [9.17, 15) is 0 Å². The lowest BCUT2D eigenvalue weighted by Gasteiger charge is -2.21. The number of guanidine groups is 1. The molecule has 0 aliphatic carbocycles. The molecule has 1 aromatic carbocycles. The highest BCUT2D eigenvalue weighted by atomic mass is 16.5. The Morgan fingerprint density at radius 1 is 1.29 bits per heavy atom. The second-order valence-corrected chi connectivity index (χ2v) is 7.45. The Bertz CT molecular complexity index is 728. The molecule has 6 heteroatoms. The van der Waals surface area contributed by atoms with Crippen molar-refractivity contribution in [3.63, 3.8) is 0 Å². The molecule has 3 rings (SSSR count). The van der Waals surface area contributed by atoms with E-state index in [2.05, 4.69) is 49.0 Å². The predicted octanol–water partition coefficient (Wildman–Crippen LogP) is 3.09. The van der Waals surface area contributed by atoms with Crippen LogP contribution in [0.15, 0.2) is 47.7 Å². The van der Waals surface area contributed by atoms with E-state index in [1.54, 1.807) is 0 Å². The maximum Gasteiger partial charge on any atom is 0.193 e. The number of rotatable bonds is 9. The van der Waals surface area contributed by atoms with Crippen LogP contribution in [0.3, 0.4) is 0 Å². The number of benzene rings is 1. The van der Waals surface area contributed by atoms with E-state index in [1.807, 2.05) is 32.4 Å². The summed E-state index contributed by atoms with van der Waals surface area (Å²) >= 11 is 0. The van der Waals surface area contributed by atoms with Gasteiger partial charge in [-0.05, 0) is 31.7 Å². The molecule has 0 amide bonds. The first-order valence-electron chi connectivity index (χ1n) is 10.3. The van der Waals surface area contributed by atoms with E-state index in [0.717, 1.165) is 63.8 Å². The van der Waals surface area contributed by atoms with Gasteiger partial charge in [0, 0.05) is 51.5 Å². The van der Waals surface area contributed by atoms with E-state index < -0.39 is 0 Å². The van der Waals surface area contributed by atoms with Crippen LogP contribution < -0.4 is 5.32 Å². The first-order chi connectivity index (χ1) is 13.8. The van der Waals surface area contributed by atoms with Gasteiger partial charge in [-0.1, -0.05) is 30.3 Å². The van der Waals surface area contributed by atoms with Gasteiger partial charge >= 0.3 is 0 Å². The van der Waals surface area contributed by atoms with Crippen LogP contribution in [0.2, 0.25) is 0 Å². The predicted molar refractivity (Wildman–Crippen MR) is 113 cm³/mol. The first-order valence-corrected chi connectivity index (χ1v) is 10.3. The minimum atomic E-state index is 0.575. The number of unbranched alkanes of at least 4 members (excludes halogenated alkanes) is 1. The maximum atomic E-state index is 5.93. The molecule has 1 atom stereocenters. The quantitative estimate of drug-likeness (QED) is 0.411. The number of hydrogen-bond donors (Lipinski definition) is 1. The maximum absolute atomic E-state index is 5.93. The monoisotopic (exact) mass is 383 g/mol. The Morgan fingerprint density at radius 2 is 2.14 bits per heavy atom. The molecule has 2 heterocycles. The van der Waals surface area contributed by atoms with Crippen molar-refractivity contribution in [2.45, 2.75) is 39.3 Å². The summed E-state index contributed by atoms with van der Waals surface area (Å²) in [6, 6.07) is 10.4. The van der Waals surface area contributed by atoms with Crippen molar-refractivity contribution in [3.05, 3.63) is 54.1 Å². The molecule has 1 aliphatic rings. The third kappa shape index (κ3) is 6.09. The topological polar surface area (TPSA) is 54.7 Å². The molecule has 0 radical (unpaired) electrons. The summed E-state index contributed by atoms with van der Waals surface area (Å²) in [5, 5.41) is 3.52. The van der Waals surface area contributed by atoms with Gasteiger partial charge in [-0.15, -0.1) is 0 Å². The Kier molecular flexibility index (Phi) is 7.91. The van der Waals surface area contributed by atoms with Gasteiger partial charge in [-0.2, -0.15) is 0 Å². The molecule has 0 bridgehead atoms. The number of aryl methyl sites for hydroxylation is 2. The standard InChI is InChI=1S/C22H33N5O/c1-19-24-12-15-26(19)13-7-6-11-25-22(23-2)27-14-10-21(16-27)18-28-17-20-8-4-3-5-9-20/h3-5,8-9,12,15,21H,6-7,10-11,13-14,16-18H2,1-2H3,(H,23,25). The average molecular weight is 384 g/mol. The zero-order valence-corrected chi connectivity index (χ0v) is 17.2. The van der Waals surface area contributed by atoms with Gasteiger partial charge in [0.05, 0.1) is 13.2 Å². The molecule has 0 saturated carbocycles. The van der Waals surface area contributed by atoms with Crippen molar-refractivity contribution >= 4 is 5.96 Å². The number of nitrogens with one attached hydrogen (secondary N) is 1. The molecule has 2 aromatic rings. The van der Waals surface area contributed by atoms with Crippen LogP contribution in [0.5, 0.6) is 0 Å². The van der Waals surface area contributed by atoms with Crippen LogP contribution in [0.4, 0.5) is 0 Å². The van der Waals surface area contributed by atoms with Crippen LogP contribution in [0.25, 0.3) is 0 Å². The zero-order chi connectivity index (χ0) is 19.6. The molecular weight excluding hydrogens is 350 g/mol. The molecule has 6 nitrogen and oxygen atoms in total. The van der Waals surface area contributed by atoms with E-state index in [4.69, 9.17) is 4.74 Å². The molecule has 1 fully saturated rings. The third-order valence-corrected chi connectivity index (χ3v) is 5.29. The summed E-state index contributed by atoms with van der Waals surface area (Å²) in [5.74, 6) is 2.68. The van der Waals surface area contributed by atoms with Crippen molar-refractivity contribution in [3.8, 4) is 0 Å². The Labute approximate surface area is 168 Å². The Hall–Kier alpha value is -2.34. The van der Waals surface area contributed by atoms with Crippen LogP contribution in [-0.2, 0) is 17.9 Å². The number of hydrogen-bond acceptors (Lipinski definition) is 3. The molecule has 152 valence electrons. The third-order valence-electron chi connectivity index (χ3n) is 5.29. The summed E-state index contributed by atoms with van der Waals surface area (Å²) < 4.78 is 8.13. The van der Waals surface area contributed by atoms with E-state index in [0.29, 0.717) is 12.5 Å². The normalized spacial score (nSPS) is 17.3. The average Bonchev–Trinajstić information content (AvgIpc) is 3.35. The largest absolute Gasteiger partial charge is 0.376 e. The van der Waals surface area contributed by atoms with Crippen molar-refractivity contribution in [1.29, 1.82) is 0 Å². The summed E-state index contributed by atoms with van der Waals surface area (Å²) in [6.07, 6.45) is 7.33. The molecule has 1 aromatic heterocycles. The SMILES string of the molecule is CN=C(NCCCCn1ccnc1C)N1CCC(COCc2ccccc2)C1. The van der Waals surface area contributed by atoms with Gasteiger partial charge < -0.3 is 19.5 Å². The Balaban J connectivity index is 1.31. The fourth-order valence-corrected chi connectivity index (χ4v) is 3.66. The van der Waals surface area contributed by atoms with Crippen LogP contribution >= 0.6 is 0 Å². The van der Waals surface area contributed by atoms with Crippen LogP contribution in [0, 0.1) is 12.8 Å². The minimum absolute atomic E-state index is 0.575. The van der Waals surface area contributed by atoms with Crippen LogP contribution in [0.1, 0.15) is 30.7 Å². The lowest BCUT2D eigenvalue weighted by Crippen LogP contribution is -2.40. The van der Waals surface area contributed by atoms with Gasteiger partial charge in [0.15, 0.2) is 5.96 Å². The lowest BCUT2D eigenvalue weighted by molar-refractivity contribution is 0.0907. The molecular formula is C22H33N5O. The highest BCUT2D eigenvalue weighted by molar-refractivity contribution is 5.80. The molecule has 1 N–H and O–H groups in total. The molecule has 28 heavy (non-hydrogen) atoms. The van der Waals surface area contributed by atoms with Gasteiger partial charge in [-0.3, -0.25) is 4.99 Å². The summed E-state index contributed by atoms with van der Waals surface area (Å²) in [4.78, 5) is 11.1. The second-order valence-electron chi connectivity index (χ2n) is 7.45. The number of aliphatic imine (C=N–C) groups is 1. The van der Waals surface area contributed by atoms with Crippen molar-refractivity contribution < 1.29 is 4.74 Å². The number of aromatic nitrogens is 2. The summed E-state index contributed by atoms with van der Waals surface area (Å²) in [6.45, 7) is 7.60. The minimum Gasteiger partial charge on any atom is -0.376 e. The second kappa shape index (κ2) is 10.9. The van der Waals surface area contributed by atoms with Crippen molar-refractivity contribution in [1.82, 2.24) is 19.8 Å². The van der Waals surface area contributed by atoms with Gasteiger partial charge in [0.1, 0.15) is 5.82 Å². The number of likely N-dealkylation sites (tertiary alicyclic amines) is 1. The van der Waals surface area contributed by atoms with Gasteiger partial charge in [0.25, 0.3) is 0 Å². The van der Waals surface area contributed by atoms with Crippen molar-refractivity contribution in [2.75, 3.05) is 33.3 Å². The number of nitrogens with zero attached hydrogens (tertiary/aromatic N) is 4. The van der Waals surface area contributed by atoms with E-state index >= 15 is 0 Å². The number of imidazole rings is 1.